The molecule has 0 fully saturated rings. The molecule has 1 aliphatic rings. The lowest BCUT2D eigenvalue weighted by atomic mass is 9.84. The lowest BCUT2D eigenvalue weighted by Crippen LogP contribution is -2.29. The summed E-state index contributed by atoms with van der Waals surface area (Å²) < 4.78 is 8.71. The molecule has 0 aromatic heterocycles. The maximum atomic E-state index is 11.0. The number of phenols is 1. The van der Waals surface area contributed by atoms with Gasteiger partial charge in [0.2, 0.25) is 8.45 Å². The minimum Gasteiger partial charge on any atom is -0.507 e. The van der Waals surface area contributed by atoms with Crippen LogP contribution in [-0.4, -0.2) is 41.7 Å². The zero-order valence-electron chi connectivity index (χ0n) is 18.6. The number of nitrogens with one attached hydrogen (secondary N) is 1. The number of aromatic hydroxyl groups is 1. The molecule has 4 nitrogen and oxygen atoms in total. The van der Waals surface area contributed by atoms with Crippen molar-refractivity contribution >= 4 is 31.7 Å². The van der Waals surface area contributed by atoms with Gasteiger partial charge < -0.3 is 9.63 Å². The second-order valence-electron chi connectivity index (χ2n) is 7.92. The summed E-state index contributed by atoms with van der Waals surface area (Å²) >= 11 is 12.0. The zero-order chi connectivity index (χ0) is 21.9. The van der Waals surface area contributed by atoms with Gasteiger partial charge in [0.05, 0.1) is 0 Å². The average molecular weight is 475 g/mol. The van der Waals surface area contributed by atoms with Gasteiger partial charge in [0.25, 0.3) is 0 Å². The second-order valence-corrected chi connectivity index (χ2v) is 10.4. The van der Waals surface area contributed by atoms with Crippen LogP contribution >= 0.6 is 31.7 Å². The number of aryl methyl sites for hydroxylation is 1. The number of rotatable bonds is 13. The van der Waals surface area contributed by atoms with Gasteiger partial charge in [0.15, 0.2) is 0 Å². The van der Waals surface area contributed by atoms with Crippen molar-refractivity contribution in [1.29, 1.82) is 0 Å². The molecule has 2 unspecified atom stereocenters. The fourth-order valence-corrected chi connectivity index (χ4v) is 6.04. The topological polar surface area (TPSA) is 44.7 Å². The maximum absolute atomic E-state index is 11.0. The van der Waals surface area contributed by atoms with E-state index in [0.717, 1.165) is 49.0 Å². The van der Waals surface area contributed by atoms with Gasteiger partial charge in [-0.15, -0.1) is 23.2 Å². The van der Waals surface area contributed by atoms with Crippen LogP contribution in [-0.2, 0) is 6.42 Å². The van der Waals surface area contributed by atoms with Crippen LogP contribution in [0.1, 0.15) is 69.4 Å². The molecule has 2 N–H and O–H groups in total. The Hall–Kier alpha value is -0.510. The van der Waals surface area contributed by atoms with Gasteiger partial charge in [-0.2, -0.15) is 0 Å². The summed E-state index contributed by atoms with van der Waals surface area (Å²) in [7, 11) is 0.783. The third-order valence-corrected chi connectivity index (χ3v) is 7.51. The number of nitrogens with zero attached hydrogens (tertiary/aromatic N) is 1. The molecular formula is C23H37Cl2N2O2P. The van der Waals surface area contributed by atoms with Gasteiger partial charge >= 0.3 is 0 Å². The SMILES string of the molecule is CCCCCc1cc(O)c(C2C=C(C)CCC2)c(OP(NC)N(CCCl)CCCl)c1. The molecule has 0 aliphatic heterocycles. The van der Waals surface area contributed by atoms with Crippen LogP contribution in [0, 0.1) is 0 Å². The minimum absolute atomic E-state index is 0.182. The van der Waals surface area contributed by atoms with E-state index in [9.17, 15) is 5.11 Å². The van der Waals surface area contributed by atoms with Crippen LogP contribution in [0.5, 0.6) is 11.5 Å². The van der Waals surface area contributed by atoms with Crippen molar-refractivity contribution < 1.29 is 9.63 Å². The number of allylic oxidation sites excluding steroid dienone is 2. The monoisotopic (exact) mass is 474 g/mol. The molecular weight excluding hydrogens is 438 g/mol. The Morgan fingerprint density at radius 3 is 2.57 bits per heavy atom. The molecule has 0 amide bonds. The molecule has 0 saturated carbocycles. The van der Waals surface area contributed by atoms with Crippen LogP contribution < -0.4 is 9.61 Å². The first-order chi connectivity index (χ1) is 14.5. The number of unbranched alkanes of at least 4 members (excludes halogenated alkanes) is 2. The van der Waals surface area contributed by atoms with E-state index in [1.54, 1.807) is 0 Å². The van der Waals surface area contributed by atoms with Gasteiger partial charge in [-0.05, 0) is 63.8 Å². The van der Waals surface area contributed by atoms with Crippen molar-refractivity contribution in [1.82, 2.24) is 9.76 Å². The molecule has 1 aromatic rings. The number of phenolic OH excluding ortho intramolecular Hbond substituents is 1. The fourth-order valence-electron chi connectivity index (χ4n) is 4.00. The van der Waals surface area contributed by atoms with Crippen LogP contribution in [0.3, 0.4) is 0 Å². The molecule has 2 rings (SSSR count). The molecule has 170 valence electrons. The molecule has 0 spiro atoms. The van der Waals surface area contributed by atoms with E-state index < -0.39 is 8.45 Å². The van der Waals surface area contributed by atoms with E-state index in [-0.39, 0.29) is 5.92 Å². The Bertz CT molecular complexity index is 681. The summed E-state index contributed by atoms with van der Waals surface area (Å²) in [5, 5.41) is 14.3. The molecule has 7 heteroatoms. The van der Waals surface area contributed by atoms with Crippen LogP contribution in [0.4, 0.5) is 0 Å². The number of hydrogen-bond donors (Lipinski definition) is 2. The third-order valence-electron chi connectivity index (χ3n) is 5.51. The van der Waals surface area contributed by atoms with E-state index in [2.05, 4.69) is 35.7 Å². The summed E-state index contributed by atoms with van der Waals surface area (Å²) in [5.74, 6) is 2.34. The first-order valence-corrected chi connectivity index (χ1v) is 13.4. The fraction of sp³-hybridized carbons (Fsp3) is 0.652. The summed E-state index contributed by atoms with van der Waals surface area (Å²) in [5.41, 5.74) is 3.42. The molecule has 30 heavy (non-hydrogen) atoms. The number of hydrogen-bond acceptors (Lipinski definition) is 4. The Morgan fingerprint density at radius 1 is 1.23 bits per heavy atom. The van der Waals surface area contributed by atoms with Crippen molar-refractivity contribution in [3.05, 3.63) is 34.9 Å². The molecule has 1 aromatic carbocycles. The molecule has 1 aliphatic carbocycles. The molecule has 2 atom stereocenters. The van der Waals surface area contributed by atoms with Crippen LogP contribution in [0.2, 0.25) is 0 Å². The lowest BCUT2D eigenvalue weighted by Gasteiger charge is -2.31. The van der Waals surface area contributed by atoms with E-state index >= 15 is 0 Å². The van der Waals surface area contributed by atoms with Gasteiger partial charge in [-0.1, -0.05) is 31.4 Å². The van der Waals surface area contributed by atoms with Gasteiger partial charge in [0.1, 0.15) is 11.5 Å². The average Bonchev–Trinajstić information content (AvgIpc) is 2.72. The molecule has 0 saturated heterocycles. The summed E-state index contributed by atoms with van der Waals surface area (Å²) in [6.07, 6.45) is 10.0. The van der Waals surface area contributed by atoms with Crippen molar-refractivity contribution in [3.63, 3.8) is 0 Å². The smallest absolute Gasteiger partial charge is 0.245 e. The second kappa shape index (κ2) is 13.8. The molecule has 0 bridgehead atoms. The highest BCUT2D eigenvalue weighted by Gasteiger charge is 2.26. The largest absolute Gasteiger partial charge is 0.507 e. The quantitative estimate of drug-likeness (QED) is 0.140. The highest BCUT2D eigenvalue weighted by molar-refractivity contribution is 7.48. The van der Waals surface area contributed by atoms with Gasteiger partial charge in [-0.3, -0.25) is 5.09 Å². The summed E-state index contributed by atoms with van der Waals surface area (Å²) in [6.45, 7) is 5.77. The Morgan fingerprint density at radius 2 is 1.97 bits per heavy atom. The van der Waals surface area contributed by atoms with Crippen molar-refractivity contribution in [2.75, 3.05) is 31.9 Å². The van der Waals surface area contributed by atoms with E-state index in [1.165, 1.54) is 18.4 Å². The minimum atomic E-state index is -1.12. The van der Waals surface area contributed by atoms with E-state index in [1.807, 2.05) is 13.1 Å². The number of benzene rings is 1. The maximum Gasteiger partial charge on any atom is 0.245 e. The standard InChI is InChI=1S/C23H37Cl2N2O2P/c1-4-5-6-9-19-16-21(28)23(20-10-7-8-18(2)15-20)22(17-19)29-30(26-3)27(13-11-24)14-12-25/h15-17,20,26,28H,4-14H2,1-3H3. The van der Waals surface area contributed by atoms with Crippen molar-refractivity contribution in [3.8, 4) is 11.5 Å². The van der Waals surface area contributed by atoms with E-state index in [0.29, 0.717) is 30.6 Å². The molecule has 0 heterocycles. The van der Waals surface area contributed by atoms with Gasteiger partial charge in [0, 0.05) is 36.3 Å². The van der Waals surface area contributed by atoms with Crippen LogP contribution in [0.15, 0.2) is 23.8 Å². The lowest BCUT2D eigenvalue weighted by molar-refractivity contribution is 0.427. The Balaban J connectivity index is 2.39. The predicted octanol–water partition coefficient (Wildman–Crippen LogP) is 6.94. The van der Waals surface area contributed by atoms with Crippen LogP contribution in [0.25, 0.3) is 0 Å². The summed E-state index contributed by atoms with van der Waals surface area (Å²) in [4.78, 5) is 0. The Kier molecular flexibility index (Phi) is 11.8. The first-order valence-electron chi connectivity index (χ1n) is 11.1. The zero-order valence-corrected chi connectivity index (χ0v) is 21.0. The van der Waals surface area contributed by atoms with Crippen molar-refractivity contribution in [2.24, 2.45) is 0 Å². The first kappa shape index (κ1) is 25.7. The highest BCUT2D eigenvalue weighted by Crippen LogP contribution is 2.47. The number of alkyl halides is 2. The molecule has 0 radical (unpaired) electrons. The van der Waals surface area contributed by atoms with E-state index in [4.69, 9.17) is 27.7 Å². The van der Waals surface area contributed by atoms with Gasteiger partial charge in [-0.25, -0.2) is 4.67 Å². The summed E-state index contributed by atoms with van der Waals surface area (Å²) in [6, 6.07) is 4.07. The predicted molar refractivity (Wildman–Crippen MR) is 131 cm³/mol. The third kappa shape index (κ3) is 7.57. The normalized spacial score (nSPS) is 17.8. The number of halogens is 2. The highest BCUT2D eigenvalue weighted by atomic mass is 35.5. The van der Waals surface area contributed by atoms with Crippen molar-refractivity contribution in [2.45, 2.75) is 64.7 Å². The Labute approximate surface area is 193 Å².